The molecule has 0 fully saturated rings. The van der Waals surface area contributed by atoms with Gasteiger partial charge < -0.3 is 10.5 Å². The van der Waals surface area contributed by atoms with Crippen molar-refractivity contribution in [3.63, 3.8) is 0 Å². The molecule has 1 rings (SSSR count). The fourth-order valence-corrected chi connectivity index (χ4v) is 1.37. The summed E-state index contributed by atoms with van der Waals surface area (Å²) in [6.07, 6.45) is 0.501. The number of rotatable bonds is 6. The fraction of sp³-hybridized carbons (Fsp3) is 0.417. The maximum Gasteiger partial charge on any atom is 0.154 e. The Morgan fingerprint density at radius 1 is 1.50 bits per heavy atom. The number of hydrogen-bond donors (Lipinski definition) is 1. The standard InChI is InChI=1S/C12H16FNO2/c1-16-7-6-11(14)12(15)8-9-4-2-3-5-10(9)13/h2-5,11H,6-8,14H2,1H3. The van der Waals surface area contributed by atoms with Gasteiger partial charge in [0.25, 0.3) is 0 Å². The van der Waals surface area contributed by atoms with E-state index in [1.807, 2.05) is 0 Å². The number of benzene rings is 1. The zero-order valence-corrected chi connectivity index (χ0v) is 9.28. The predicted molar refractivity (Wildman–Crippen MR) is 59.6 cm³/mol. The van der Waals surface area contributed by atoms with Crippen molar-refractivity contribution in [2.24, 2.45) is 5.73 Å². The van der Waals surface area contributed by atoms with Gasteiger partial charge in [-0.25, -0.2) is 4.39 Å². The van der Waals surface area contributed by atoms with Gasteiger partial charge in [-0.15, -0.1) is 0 Å². The summed E-state index contributed by atoms with van der Waals surface area (Å²) in [6, 6.07) is 5.64. The molecule has 0 amide bonds. The van der Waals surface area contributed by atoms with Crippen molar-refractivity contribution in [2.75, 3.05) is 13.7 Å². The highest BCUT2D eigenvalue weighted by atomic mass is 19.1. The molecule has 0 aromatic heterocycles. The number of carbonyl (C=O) groups excluding carboxylic acids is 1. The van der Waals surface area contributed by atoms with E-state index in [4.69, 9.17) is 10.5 Å². The molecule has 4 heteroatoms. The van der Waals surface area contributed by atoms with Gasteiger partial charge in [0, 0.05) is 20.1 Å². The van der Waals surface area contributed by atoms with Crippen LogP contribution >= 0.6 is 0 Å². The van der Waals surface area contributed by atoms with Crippen LogP contribution in [-0.2, 0) is 16.0 Å². The van der Waals surface area contributed by atoms with E-state index < -0.39 is 6.04 Å². The van der Waals surface area contributed by atoms with E-state index in [9.17, 15) is 9.18 Å². The molecule has 1 aromatic carbocycles. The Balaban J connectivity index is 2.54. The number of carbonyl (C=O) groups is 1. The lowest BCUT2D eigenvalue weighted by Gasteiger charge is -2.10. The molecule has 1 aromatic rings. The van der Waals surface area contributed by atoms with Crippen LogP contribution in [0.3, 0.4) is 0 Å². The first-order valence-electron chi connectivity index (χ1n) is 5.15. The molecule has 88 valence electrons. The van der Waals surface area contributed by atoms with Crippen LogP contribution in [0.25, 0.3) is 0 Å². The minimum absolute atomic E-state index is 0.0392. The third-order valence-corrected chi connectivity index (χ3v) is 2.37. The topological polar surface area (TPSA) is 52.3 Å². The number of Topliss-reactive ketones (excluding diaryl/α,β-unsaturated/α-hetero) is 1. The molecule has 0 spiro atoms. The summed E-state index contributed by atoms with van der Waals surface area (Å²) in [5, 5.41) is 0. The molecule has 1 unspecified atom stereocenters. The Morgan fingerprint density at radius 2 is 2.19 bits per heavy atom. The van der Waals surface area contributed by atoms with Gasteiger partial charge in [0.05, 0.1) is 6.04 Å². The van der Waals surface area contributed by atoms with Gasteiger partial charge in [-0.3, -0.25) is 4.79 Å². The van der Waals surface area contributed by atoms with Crippen molar-refractivity contribution >= 4 is 5.78 Å². The molecule has 1 atom stereocenters. The Hall–Kier alpha value is -1.26. The van der Waals surface area contributed by atoms with Crippen molar-refractivity contribution < 1.29 is 13.9 Å². The number of ether oxygens (including phenoxy) is 1. The third kappa shape index (κ3) is 3.72. The maximum atomic E-state index is 13.2. The SMILES string of the molecule is COCCC(N)C(=O)Cc1ccccc1F. The summed E-state index contributed by atoms with van der Waals surface area (Å²) in [6.45, 7) is 0.435. The van der Waals surface area contributed by atoms with Crippen LogP contribution in [0.15, 0.2) is 24.3 Å². The van der Waals surface area contributed by atoms with Gasteiger partial charge >= 0.3 is 0 Å². The first-order chi connectivity index (χ1) is 7.65. The fourth-order valence-electron chi connectivity index (χ4n) is 1.37. The third-order valence-electron chi connectivity index (χ3n) is 2.37. The number of ketones is 1. The summed E-state index contributed by atoms with van der Waals surface area (Å²) >= 11 is 0. The lowest BCUT2D eigenvalue weighted by molar-refractivity contribution is -0.120. The highest BCUT2D eigenvalue weighted by Gasteiger charge is 2.15. The van der Waals surface area contributed by atoms with Gasteiger partial charge in [-0.2, -0.15) is 0 Å². The van der Waals surface area contributed by atoms with E-state index in [1.54, 1.807) is 25.3 Å². The number of hydrogen-bond acceptors (Lipinski definition) is 3. The first kappa shape index (κ1) is 12.8. The van der Waals surface area contributed by atoms with Crippen LogP contribution in [0.1, 0.15) is 12.0 Å². The van der Waals surface area contributed by atoms with Crippen molar-refractivity contribution in [3.8, 4) is 0 Å². The van der Waals surface area contributed by atoms with Crippen LogP contribution < -0.4 is 5.73 Å². The Kier molecular flexibility index (Phi) is 5.08. The first-order valence-corrected chi connectivity index (χ1v) is 5.15. The Morgan fingerprint density at radius 3 is 2.81 bits per heavy atom. The number of halogens is 1. The summed E-state index contributed by atoms with van der Waals surface area (Å²) in [4.78, 5) is 11.6. The van der Waals surface area contributed by atoms with Crippen molar-refractivity contribution in [2.45, 2.75) is 18.9 Å². The van der Waals surface area contributed by atoms with Gasteiger partial charge in [0.2, 0.25) is 0 Å². The molecular formula is C12H16FNO2. The summed E-state index contributed by atoms with van der Waals surface area (Å²) < 4.78 is 18.1. The number of nitrogens with two attached hydrogens (primary N) is 1. The highest BCUT2D eigenvalue weighted by Crippen LogP contribution is 2.08. The van der Waals surface area contributed by atoms with E-state index >= 15 is 0 Å². The van der Waals surface area contributed by atoms with Crippen LogP contribution in [0.4, 0.5) is 4.39 Å². The lowest BCUT2D eigenvalue weighted by atomic mass is 10.0. The second-order valence-electron chi connectivity index (χ2n) is 3.62. The predicted octanol–water partition coefficient (Wildman–Crippen LogP) is 1.30. The molecule has 2 N–H and O–H groups in total. The van der Waals surface area contributed by atoms with E-state index in [1.165, 1.54) is 6.07 Å². The van der Waals surface area contributed by atoms with Crippen molar-refractivity contribution in [3.05, 3.63) is 35.6 Å². The van der Waals surface area contributed by atoms with E-state index in [0.717, 1.165) is 0 Å². The second kappa shape index (κ2) is 6.35. The highest BCUT2D eigenvalue weighted by molar-refractivity contribution is 5.85. The van der Waals surface area contributed by atoms with E-state index in [0.29, 0.717) is 18.6 Å². The second-order valence-corrected chi connectivity index (χ2v) is 3.62. The van der Waals surface area contributed by atoms with Crippen LogP contribution in [-0.4, -0.2) is 25.5 Å². The molecular weight excluding hydrogens is 209 g/mol. The molecule has 0 saturated carbocycles. The average molecular weight is 225 g/mol. The molecule has 3 nitrogen and oxygen atoms in total. The molecule has 0 aliphatic heterocycles. The van der Waals surface area contributed by atoms with Gasteiger partial charge in [0.1, 0.15) is 5.82 Å². The largest absolute Gasteiger partial charge is 0.385 e. The van der Waals surface area contributed by atoms with Crippen LogP contribution in [0, 0.1) is 5.82 Å². The summed E-state index contributed by atoms with van der Waals surface area (Å²) in [7, 11) is 1.55. The molecule has 0 bridgehead atoms. The minimum Gasteiger partial charge on any atom is -0.385 e. The van der Waals surface area contributed by atoms with Crippen molar-refractivity contribution in [1.29, 1.82) is 0 Å². The van der Waals surface area contributed by atoms with Gasteiger partial charge in [-0.05, 0) is 18.1 Å². The normalized spacial score (nSPS) is 12.4. The molecule has 0 radical (unpaired) electrons. The molecule has 0 saturated heterocycles. The van der Waals surface area contributed by atoms with E-state index in [2.05, 4.69) is 0 Å². The summed E-state index contributed by atoms with van der Waals surface area (Å²) in [5.74, 6) is -0.531. The van der Waals surface area contributed by atoms with Crippen molar-refractivity contribution in [1.82, 2.24) is 0 Å². The van der Waals surface area contributed by atoms with Crippen LogP contribution in [0.5, 0.6) is 0 Å². The van der Waals surface area contributed by atoms with Gasteiger partial charge in [-0.1, -0.05) is 18.2 Å². The van der Waals surface area contributed by atoms with Gasteiger partial charge in [0.15, 0.2) is 5.78 Å². The average Bonchev–Trinajstić information content (AvgIpc) is 2.28. The van der Waals surface area contributed by atoms with Crippen LogP contribution in [0.2, 0.25) is 0 Å². The molecule has 0 aliphatic rings. The Bertz CT molecular complexity index is 355. The molecule has 0 aliphatic carbocycles. The maximum absolute atomic E-state index is 13.2. The lowest BCUT2D eigenvalue weighted by Crippen LogP contribution is -2.33. The smallest absolute Gasteiger partial charge is 0.154 e. The Labute approximate surface area is 94.4 Å². The van der Waals surface area contributed by atoms with E-state index in [-0.39, 0.29) is 18.0 Å². The zero-order chi connectivity index (χ0) is 12.0. The monoisotopic (exact) mass is 225 g/mol. The minimum atomic E-state index is -0.584. The quantitative estimate of drug-likeness (QED) is 0.794. The zero-order valence-electron chi connectivity index (χ0n) is 9.28. The molecule has 16 heavy (non-hydrogen) atoms. The summed E-state index contributed by atoms with van der Waals surface area (Å²) in [5.41, 5.74) is 6.04. The number of methoxy groups -OCH3 is 1. The molecule has 0 heterocycles.